The van der Waals surface area contributed by atoms with Gasteiger partial charge in [-0.15, -0.1) is 17.9 Å². The maximum Gasteiger partial charge on any atom is 0.263 e. The van der Waals surface area contributed by atoms with Gasteiger partial charge in [0.25, 0.3) is 5.56 Å². The lowest BCUT2D eigenvalue weighted by atomic mass is 10.1. The number of carbonyl (C=O) groups is 1. The zero-order chi connectivity index (χ0) is 19.4. The number of thioether (sulfide) groups is 1. The van der Waals surface area contributed by atoms with Gasteiger partial charge in [-0.05, 0) is 19.4 Å². The molecule has 0 aliphatic heterocycles. The summed E-state index contributed by atoms with van der Waals surface area (Å²) in [6, 6.07) is 9.85. The summed E-state index contributed by atoms with van der Waals surface area (Å²) >= 11 is 2.75. The molecule has 1 aromatic carbocycles. The van der Waals surface area contributed by atoms with Crippen molar-refractivity contribution in [1.82, 2.24) is 14.9 Å². The molecule has 0 spiro atoms. The SMILES string of the molecule is C=CCNC(=O)[C@H](C)Sc1nc2scc(-c3ccccc3)c2c(=O)n1CC. The van der Waals surface area contributed by atoms with Gasteiger partial charge in [-0.25, -0.2) is 4.98 Å². The number of fused-ring (bicyclic) bond motifs is 1. The van der Waals surface area contributed by atoms with E-state index in [2.05, 4.69) is 11.9 Å². The first-order chi connectivity index (χ1) is 13.1. The summed E-state index contributed by atoms with van der Waals surface area (Å²) in [6.07, 6.45) is 1.64. The molecular weight excluding hydrogens is 378 g/mol. The molecule has 0 aliphatic carbocycles. The minimum absolute atomic E-state index is 0.0659. The third-order valence-corrected chi connectivity index (χ3v) is 6.09. The second-order valence-corrected chi connectivity index (χ2v) is 8.10. The molecule has 0 saturated carbocycles. The molecule has 0 fully saturated rings. The van der Waals surface area contributed by atoms with Crippen LogP contribution in [-0.4, -0.2) is 27.3 Å². The number of hydrogen-bond donors (Lipinski definition) is 1. The van der Waals surface area contributed by atoms with Gasteiger partial charge in [-0.2, -0.15) is 0 Å². The molecule has 1 N–H and O–H groups in total. The molecule has 27 heavy (non-hydrogen) atoms. The molecule has 140 valence electrons. The van der Waals surface area contributed by atoms with E-state index in [1.54, 1.807) is 10.6 Å². The first kappa shape index (κ1) is 19.4. The Balaban J connectivity index is 2.02. The largest absolute Gasteiger partial charge is 0.352 e. The Labute approximate surface area is 166 Å². The van der Waals surface area contributed by atoms with Crippen LogP contribution in [0.2, 0.25) is 0 Å². The molecule has 0 saturated heterocycles. The van der Waals surface area contributed by atoms with Gasteiger partial charge < -0.3 is 5.32 Å². The summed E-state index contributed by atoms with van der Waals surface area (Å²) in [7, 11) is 0. The Morgan fingerprint density at radius 1 is 1.41 bits per heavy atom. The van der Waals surface area contributed by atoms with Crippen LogP contribution in [0.4, 0.5) is 0 Å². The molecule has 5 nitrogen and oxygen atoms in total. The van der Waals surface area contributed by atoms with E-state index in [4.69, 9.17) is 4.98 Å². The van der Waals surface area contributed by atoms with Crippen LogP contribution in [0.1, 0.15) is 13.8 Å². The maximum absolute atomic E-state index is 13.2. The summed E-state index contributed by atoms with van der Waals surface area (Å²) in [6.45, 7) is 8.23. The second-order valence-electron chi connectivity index (χ2n) is 5.93. The van der Waals surface area contributed by atoms with Crippen molar-refractivity contribution < 1.29 is 4.79 Å². The van der Waals surface area contributed by atoms with Crippen molar-refractivity contribution >= 4 is 39.2 Å². The van der Waals surface area contributed by atoms with Crippen molar-refractivity contribution in [1.29, 1.82) is 0 Å². The zero-order valence-corrected chi connectivity index (χ0v) is 16.9. The predicted octanol–water partition coefficient (Wildman–Crippen LogP) is 3.93. The number of hydrogen-bond acceptors (Lipinski definition) is 5. The number of thiophene rings is 1. The predicted molar refractivity (Wildman–Crippen MR) is 114 cm³/mol. The van der Waals surface area contributed by atoms with Crippen LogP contribution in [0.25, 0.3) is 21.3 Å². The summed E-state index contributed by atoms with van der Waals surface area (Å²) in [5.41, 5.74) is 1.84. The van der Waals surface area contributed by atoms with Crippen LogP contribution in [0.15, 0.2) is 58.3 Å². The smallest absolute Gasteiger partial charge is 0.263 e. The van der Waals surface area contributed by atoms with Gasteiger partial charge in [0.2, 0.25) is 5.91 Å². The minimum atomic E-state index is -0.361. The molecule has 0 radical (unpaired) electrons. The summed E-state index contributed by atoms with van der Waals surface area (Å²) in [4.78, 5) is 30.7. The Kier molecular flexibility index (Phi) is 6.13. The van der Waals surface area contributed by atoms with Gasteiger partial charge >= 0.3 is 0 Å². The Bertz CT molecular complexity index is 1020. The Morgan fingerprint density at radius 2 is 2.15 bits per heavy atom. The van der Waals surface area contributed by atoms with Crippen molar-refractivity contribution in [3.8, 4) is 11.1 Å². The number of carbonyl (C=O) groups excluding carboxylic acids is 1. The summed E-state index contributed by atoms with van der Waals surface area (Å²) in [5.74, 6) is -0.104. The molecule has 0 bridgehead atoms. The molecule has 0 unspecified atom stereocenters. The van der Waals surface area contributed by atoms with Crippen molar-refractivity contribution in [2.75, 3.05) is 6.54 Å². The van der Waals surface area contributed by atoms with Crippen molar-refractivity contribution in [2.45, 2.75) is 30.8 Å². The Hall–Kier alpha value is -2.38. The molecule has 3 aromatic rings. The number of nitrogens with one attached hydrogen (secondary N) is 1. The first-order valence-corrected chi connectivity index (χ1v) is 10.5. The second kappa shape index (κ2) is 8.54. The van der Waals surface area contributed by atoms with E-state index >= 15 is 0 Å². The minimum Gasteiger partial charge on any atom is -0.352 e. The van der Waals surface area contributed by atoms with E-state index in [0.717, 1.165) is 11.1 Å². The van der Waals surface area contributed by atoms with Crippen LogP contribution in [0.5, 0.6) is 0 Å². The van der Waals surface area contributed by atoms with Crippen molar-refractivity contribution in [2.24, 2.45) is 0 Å². The highest BCUT2D eigenvalue weighted by atomic mass is 32.2. The van der Waals surface area contributed by atoms with Crippen LogP contribution >= 0.6 is 23.1 Å². The van der Waals surface area contributed by atoms with Crippen LogP contribution in [-0.2, 0) is 11.3 Å². The molecule has 0 aliphatic rings. The van der Waals surface area contributed by atoms with Gasteiger partial charge in [-0.3, -0.25) is 14.2 Å². The van der Waals surface area contributed by atoms with Gasteiger partial charge in [0.05, 0.1) is 10.6 Å². The molecule has 2 heterocycles. The van der Waals surface area contributed by atoms with E-state index in [1.165, 1.54) is 23.1 Å². The molecule has 1 amide bonds. The van der Waals surface area contributed by atoms with E-state index in [9.17, 15) is 9.59 Å². The fraction of sp³-hybridized carbons (Fsp3) is 0.250. The number of rotatable bonds is 7. The van der Waals surface area contributed by atoms with Crippen LogP contribution in [0.3, 0.4) is 0 Å². The highest BCUT2D eigenvalue weighted by Crippen LogP contribution is 2.32. The summed E-state index contributed by atoms with van der Waals surface area (Å²) < 4.78 is 1.64. The highest BCUT2D eigenvalue weighted by molar-refractivity contribution is 8.00. The molecule has 3 rings (SSSR count). The maximum atomic E-state index is 13.2. The lowest BCUT2D eigenvalue weighted by Crippen LogP contribution is -2.32. The fourth-order valence-corrected chi connectivity index (χ4v) is 4.72. The number of nitrogens with zero attached hydrogens (tertiary/aromatic N) is 2. The molecule has 1 atom stereocenters. The van der Waals surface area contributed by atoms with Gasteiger partial charge in [0.1, 0.15) is 4.83 Å². The van der Waals surface area contributed by atoms with E-state index in [-0.39, 0.29) is 16.7 Å². The normalized spacial score (nSPS) is 12.1. The number of aromatic nitrogens is 2. The van der Waals surface area contributed by atoms with Gasteiger partial charge in [0, 0.05) is 24.0 Å². The monoisotopic (exact) mass is 399 g/mol. The average Bonchev–Trinajstić information content (AvgIpc) is 3.11. The third kappa shape index (κ3) is 3.99. The van der Waals surface area contributed by atoms with Gasteiger partial charge in [-0.1, -0.05) is 48.2 Å². The lowest BCUT2D eigenvalue weighted by Gasteiger charge is -2.14. The van der Waals surface area contributed by atoms with E-state index in [0.29, 0.717) is 28.5 Å². The zero-order valence-electron chi connectivity index (χ0n) is 15.3. The average molecular weight is 400 g/mol. The molecule has 7 heteroatoms. The van der Waals surface area contributed by atoms with Crippen molar-refractivity contribution in [3.05, 3.63) is 58.7 Å². The quantitative estimate of drug-likeness (QED) is 0.371. The molecule has 2 aromatic heterocycles. The standard InChI is InChI=1S/C20H21N3O2S2/c1-4-11-21-17(24)13(3)27-20-22-18-16(19(25)23(20)5-2)15(12-26-18)14-9-7-6-8-10-14/h4,6-10,12-13H,1,5,11H2,2-3H3,(H,21,24)/t13-/m0/s1. The topological polar surface area (TPSA) is 64.0 Å². The van der Waals surface area contributed by atoms with E-state index < -0.39 is 0 Å². The van der Waals surface area contributed by atoms with Crippen molar-refractivity contribution in [3.63, 3.8) is 0 Å². The first-order valence-electron chi connectivity index (χ1n) is 8.69. The third-order valence-electron chi connectivity index (χ3n) is 4.13. The van der Waals surface area contributed by atoms with Gasteiger partial charge in [0.15, 0.2) is 5.16 Å². The van der Waals surface area contributed by atoms with E-state index in [1.807, 2.05) is 49.6 Å². The lowest BCUT2D eigenvalue weighted by molar-refractivity contribution is -0.120. The fourth-order valence-electron chi connectivity index (χ4n) is 2.73. The highest BCUT2D eigenvalue weighted by Gasteiger charge is 2.20. The summed E-state index contributed by atoms with van der Waals surface area (Å²) in [5, 5.41) is 5.60. The number of benzene rings is 1. The Morgan fingerprint density at radius 3 is 2.81 bits per heavy atom. The molecular formula is C20H21N3O2S2. The van der Waals surface area contributed by atoms with Crippen LogP contribution < -0.4 is 10.9 Å². The number of amides is 1. The van der Waals surface area contributed by atoms with Crippen LogP contribution in [0, 0.1) is 0 Å².